The van der Waals surface area contributed by atoms with E-state index in [2.05, 4.69) is 30.2 Å². The summed E-state index contributed by atoms with van der Waals surface area (Å²) in [5, 5.41) is 0. The standard InChI is InChI=1S/C20H24N4OS/c1-12-6-5-9-21-17(12)19(25)23-10-7-16(8-11-23)18-20-24(15(4)22-18)13(2)14(3)26-20/h5-6,9,16H,7-8,10-11H2,1-4H3. The van der Waals surface area contributed by atoms with Crippen LogP contribution in [-0.4, -0.2) is 38.3 Å². The third-order valence-electron chi connectivity index (χ3n) is 5.50. The number of fused-ring (bicyclic) bond motifs is 1. The predicted molar refractivity (Wildman–Crippen MR) is 104 cm³/mol. The Bertz CT molecular complexity index is 979. The molecule has 6 heteroatoms. The van der Waals surface area contributed by atoms with Crippen molar-refractivity contribution in [3.05, 3.63) is 51.7 Å². The van der Waals surface area contributed by atoms with E-state index in [9.17, 15) is 4.79 Å². The average molecular weight is 369 g/mol. The zero-order valence-electron chi connectivity index (χ0n) is 15.7. The second kappa shape index (κ2) is 6.50. The number of aryl methyl sites for hydroxylation is 4. The van der Waals surface area contributed by atoms with E-state index in [4.69, 9.17) is 4.98 Å². The first-order valence-electron chi connectivity index (χ1n) is 9.13. The Labute approximate surface area is 157 Å². The first-order chi connectivity index (χ1) is 12.5. The summed E-state index contributed by atoms with van der Waals surface area (Å²) >= 11 is 1.84. The van der Waals surface area contributed by atoms with Crippen LogP contribution in [0.3, 0.4) is 0 Å². The fraction of sp³-hybridized carbons (Fsp3) is 0.450. The first-order valence-corrected chi connectivity index (χ1v) is 9.95. The highest BCUT2D eigenvalue weighted by molar-refractivity contribution is 7.17. The molecule has 1 aliphatic rings. The van der Waals surface area contributed by atoms with Gasteiger partial charge in [-0.1, -0.05) is 6.07 Å². The van der Waals surface area contributed by atoms with Crippen LogP contribution < -0.4 is 0 Å². The molecule has 0 saturated carbocycles. The van der Waals surface area contributed by atoms with E-state index in [0.717, 1.165) is 37.3 Å². The van der Waals surface area contributed by atoms with Crippen LogP contribution in [-0.2, 0) is 0 Å². The van der Waals surface area contributed by atoms with E-state index in [0.29, 0.717) is 11.6 Å². The van der Waals surface area contributed by atoms with Crippen LogP contribution in [0.15, 0.2) is 18.3 Å². The lowest BCUT2D eigenvalue weighted by molar-refractivity contribution is 0.0705. The largest absolute Gasteiger partial charge is 0.337 e. The van der Waals surface area contributed by atoms with E-state index in [1.807, 2.05) is 35.3 Å². The summed E-state index contributed by atoms with van der Waals surface area (Å²) in [6.07, 6.45) is 3.61. The lowest BCUT2D eigenvalue weighted by atomic mass is 9.93. The molecule has 136 valence electrons. The highest BCUT2D eigenvalue weighted by atomic mass is 32.1. The van der Waals surface area contributed by atoms with Crippen LogP contribution >= 0.6 is 11.3 Å². The molecule has 0 aromatic carbocycles. The Morgan fingerprint density at radius 2 is 1.92 bits per heavy atom. The number of likely N-dealkylation sites (tertiary alicyclic amines) is 1. The van der Waals surface area contributed by atoms with Gasteiger partial charge in [-0.2, -0.15) is 0 Å². The van der Waals surface area contributed by atoms with Gasteiger partial charge in [0.2, 0.25) is 0 Å². The van der Waals surface area contributed by atoms with Gasteiger partial charge < -0.3 is 4.90 Å². The van der Waals surface area contributed by atoms with E-state index < -0.39 is 0 Å². The Balaban J connectivity index is 1.53. The van der Waals surface area contributed by atoms with Crippen LogP contribution in [0.25, 0.3) is 4.83 Å². The molecule has 1 saturated heterocycles. The first kappa shape index (κ1) is 17.2. The molecule has 4 heterocycles. The van der Waals surface area contributed by atoms with Crippen LogP contribution in [0.4, 0.5) is 0 Å². The van der Waals surface area contributed by atoms with Gasteiger partial charge in [0.05, 0.1) is 5.69 Å². The Morgan fingerprint density at radius 3 is 2.62 bits per heavy atom. The van der Waals surface area contributed by atoms with Gasteiger partial charge in [-0.3, -0.25) is 14.2 Å². The summed E-state index contributed by atoms with van der Waals surface area (Å²) in [5.74, 6) is 1.54. The molecular weight excluding hydrogens is 344 g/mol. The van der Waals surface area contributed by atoms with Gasteiger partial charge in [-0.15, -0.1) is 11.3 Å². The van der Waals surface area contributed by atoms with E-state index in [1.54, 1.807) is 6.20 Å². The number of carbonyl (C=O) groups excluding carboxylic acids is 1. The molecule has 4 rings (SSSR count). The Kier molecular flexibility index (Phi) is 4.31. The van der Waals surface area contributed by atoms with Gasteiger partial charge in [-0.25, -0.2) is 4.98 Å². The van der Waals surface area contributed by atoms with Crippen molar-refractivity contribution < 1.29 is 4.79 Å². The molecule has 0 atom stereocenters. The van der Waals surface area contributed by atoms with Gasteiger partial charge >= 0.3 is 0 Å². The third-order valence-corrected chi connectivity index (χ3v) is 6.69. The molecule has 0 bridgehead atoms. The number of hydrogen-bond acceptors (Lipinski definition) is 4. The zero-order valence-corrected chi connectivity index (χ0v) is 16.6. The molecule has 1 aliphatic heterocycles. The number of nitrogens with zero attached hydrogens (tertiary/aromatic N) is 4. The van der Waals surface area contributed by atoms with Crippen molar-refractivity contribution in [2.45, 2.75) is 46.5 Å². The smallest absolute Gasteiger partial charge is 0.272 e. The minimum atomic E-state index is 0.0514. The molecule has 0 aliphatic carbocycles. The minimum Gasteiger partial charge on any atom is -0.337 e. The molecule has 3 aromatic heterocycles. The molecule has 0 spiro atoms. The number of imidazole rings is 1. The summed E-state index contributed by atoms with van der Waals surface area (Å²) in [7, 11) is 0. The molecule has 5 nitrogen and oxygen atoms in total. The van der Waals surface area contributed by atoms with Gasteiger partial charge in [0.1, 0.15) is 16.3 Å². The van der Waals surface area contributed by atoms with Crippen molar-refractivity contribution in [1.82, 2.24) is 19.3 Å². The minimum absolute atomic E-state index is 0.0514. The van der Waals surface area contributed by atoms with Crippen molar-refractivity contribution in [1.29, 1.82) is 0 Å². The number of hydrogen-bond donors (Lipinski definition) is 0. The number of carbonyl (C=O) groups is 1. The van der Waals surface area contributed by atoms with Gasteiger partial charge in [-0.05, 0) is 52.2 Å². The molecule has 26 heavy (non-hydrogen) atoms. The van der Waals surface area contributed by atoms with E-state index >= 15 is 0 Å². The molecule has 1 fully saturated rings. The number of piperidine rings is 1. The second-order valence-corrected chi connectivity index (χ2v) is 8.37. The quantitative estimate of drug-likeness (QED) is 0.686. The van der Waals surface area contributed by atoms with Crippen molar-refractivity contribution in [3.8, 4) is 0 Å². The van der Waals surface area contributed by atoms with Gasteiger partial charge in [0.25, 0.3) is 5.91 Å². The van der Waals surface area contributed by atoms with Gasteiger partial charge in [0, 0.05) is 35.8 Å². The fourth-order valence-corrected chi connectivity index (χ4v) is 5.09. The number of amides is 1. The fourth-order valence-electron chi connectivity index (χ4n) is 3.88. The Hall–Kier alpha value is -2.21. The highest BCUT2D eigenvalue weighted by Gasteiger charge is 2.29. The van der Waals surface area contributed by atoms with Crippen molar-refractivity contribution in [2.75, 3.05) is 13.1 Å². The normalized spacial score (nSPS) is 15.8. The number of aromatic nitrogens is 3. The maximum absolute atomic E-state index is 12.8. The molecule has 0 N–H and O–H groups in total. The summed E-state index contributed by atoms with van der Waals surface area (Å²) in [6.45, 7) is 9.89. The van der Waals surface area contributed by atoms with Crippen LogP contribution in [0.5, 0.6) is 0 Å². The monoisotopic (exact) mass is 368 g/mol. The third kappa shape index (κ3) is 2.72. The van der Waals surface area contributed by atoms with Crippen LogP contribution in [0.2, 0.25) is 0 Å². The van der Waals surface area contributed by atoms with E-state index in [-0.39, 0.29) is 5.91 Å². The number of pyridine rings is 1. The van der Waals surface area contributed by atoms with Crippen molar-refractivity contribution >= 4 is 22.1 Å². The summed E-state index contributed by atoms with van der Waals surface area (Å²) < 4.78 is 2.28. The van der Waals surface area contributed by atoms with Gasteiger partial charge in [0.15, 0.2) is 0 Å². The topological polar surface area (TPSA) is 50.5 Å². The second-order valence-electron chi connectivity index (χ2n) is 7.16. The lowest BCUT2D eigenvalue weighted by Gasteiger charge is -2.31. The molecule has 3 aromatic rings. The SMILES string of the molecule is Cc1cccnc1C(=O)N1CCC(c2nc(C)n3c(C)c(C)sc23)CC1. The summed E-state index contributed by atoms with van der Waals surface area (Å²) in [6, 6.07) is 3.81. The van der Waals surface area contributed by atoms with Crippen LogP contribution in [0, 0.1) is 27.7 Å². The van der Waals surface area contributed by atoms with Crippen LogP contribution in [0.1, 0.15) is 56.9 Å². The highest BCUT2D eigenvalue weighted by Crippen LogP contribution is 2.35. The summed E-state index contributed by atoms with van der Waals surface area (Å²) in [5.41, 5.74) is 4.02. The van der Waals surface area contributed by atoms with Crippen molar-refractivity contribution in [3.63, 3.8) is 0 Å². The molecule has 0 radical (unpaired) electrons. The van der Waals surface area contributed by atoms with E-state index in [1.165, 1.54) is 21.1 Å². The number of thiazole rings is 1. The lowest BCUT2D eigenvalue weighted by Crippen LogP contribution is -2.38. The van der Waals surface area contributed by atoms with Crippen molar-refractivity contribution in [2.24, 2.45) is 0 Å². The Morgan fingerprint density at radius 1 is 1.19 bits per heavy atom. The molecule has 0 unspecified atom stereocenters. The number of rotatable bonds is 2. The molecule has 1 amide bonds. The predicted octanol–water partition coefficient (Wildman–Crippen LogP) is 4.04. The zero-order chi connectivity index (χ0) is 18.4. The maximum Gasteiger partial charge on any atom is 0.272 e. The average Bonchev–Trinajstić information content (AvgIpc) is 3.12. The summed E-state index contributed by atoms with van der Waals surface area (Å²) in [4.78, 5) is 26.5. The molecular formula is C20H24N4OS. The maximum atomic E-state index is 12.8.